The zero-order chi connectivity index (χ0) is 22.8. The summed E-state index contributed by atoms with van der Waals surface area (Å²) in [5.41, 5.74) is 2.99. The number of carbonyl (C=O) groups excluding carboxylic acids is 1. The van der Waals surface area contributed by atoms with Crippen LogP contribution in [0.15, 0.2) is 72.0 Å². The van der Waals surface area contributed by atoms with Gasteiger partial charge in [0.05, 0.1) is 6.54 Å². The maximum Gasteiger partial charge on any atom is 0.253 e. The van der Waals surface area contributed by atoms with Crippen molar-refractivity contribution in [3.63, 3.8) is 0 Å². The van der Waals surface area contributed by atoms with Crippen molar-refractivity contribution in [2.45, 2.75) is 26.4 Å². The summed E-state index contributed by atoms with van der Waals surface area (Å²) in [6.07, 6.45) is 4.67. The van der Waals surface area contributed by atoms with Crippen LogP contribution in [0.2, 0.25) is 0 Å². The van der Waals surface area contributed by atoms with Crippen molar-refractivity contribution < 1.29 is 4.79 Å². The monoisotopic (exact) mass is 560 g/mol. The highest BCUT2D eigenvalue weighted by atomic mass is 127. The number of benzene rings is 2. The Labute approximate surface area is 213 Å². The van der Waals surface area contributed by atoms with Crippen molar-refractivity contribution >= 4 is 35.8 Å². The summed E-state index contributed by atoms with van der Waals surface area (Å²) >= 11 is 0. The molecule has 8 heteroatoms. The summed E-state index contributed by atoms with van der Waals surface area (Å²) in [6, 6.07) is 18.0. The summed E-state index contributed by atoms with van der Waals surface area (Å²) < 4.78 is 2.18. The highest BCUT2D eigenvalue weighted by molar-refractivity contribution is 14.0. The van der Waals surface area contributed by atoms with E-state index in [1.54, 1.807) is 19.0 Å². The van der Waals surface area contributed by atoms with Crippen LogP contribution in [0.1, 0.15) is 34.2 Å². The second-order valence-electron chi connectivity index (χ2n) is 7.73. The molecule has 1 heterocycles. The summed E-state index contributed by atoms with van der Waals surface area (Å²) in [6.45, 7) is 4.91. The Morgan fingerprint density at radius 3 is 2.42 bits per heavy atom. The summed E-state index contributed by atoms with van der Waals surface area (Å²) in [5, 5.41) is 6.67. The number of imidazole rings is 1. The fourth-order valence-electron chi connectivity index (χ4n) is 3.31. The van der Waals surface area contributed by atoms with E-state index in [0.717, 1.165) is 43.4 Å². The van der Waals surface area contributed by atoms with Crippen molar-refractivity contribution in [3.05, 3.63) is 89.5 Å². The van der Waals surface area contributed by atoms with Crippen LogP contribution in [0, 0.1) is 0 Å². The number of amides is 1. The lowest BCUT2D eigenvalue weighted by Crippen LogP contribution is -2.38. The van der Waals surface area contributed by atoms with Gasteiger partial charge in [-0.15, -0.1) is 24.0 Å². The number of aliphatic imine (C=N–C) groups is 1. The molecule has 0 saturated carbocycles. The molecule has 1 aromatic heterocycles. The van der Waals surface area contributed by atoms with Gasteiger partial charge in [-0.1, -0.05) is 42.5 Å². The molecule has 0 spiro atoms. The van der Waals surface area contributed by atoms with E-state index in [-0.39, 0.29) is 29.9 Å². The number of rotatable bonds is 9. The first-order valence-corrected chi connectivity index (χ1v) is 10.9. The molecule has 0 radical (unpaired) electrons. The number of carbonyl (C=O) groups is 1. The number of aromatic nitrogens is 2. The third-order valence-corrected chi connectivity index (χ3v) is 5.01. The molecule has 0 unspecified atom stereocenters. The number of hydrogen-bond acceptors (Lipinski definition) is 3. The van der Waals surface area contributed by atoms with E-state index in [1.165, 1.54) is 5.56 Å². The minimum Gasteiger partial charge on any atom is -0.357 e. The first-order valence-electron chi connectivity index (χ1n) is 10.9. The molecule has 0 fully saturated rings. The molecule has 0 atom stereocenters. The Kier molecular flexibility index (Phi) is 10.9. The predicted octanol–water partition coefficient (Wildman–Crippen LogP) is 3.55. The third kappa shape index (κ3) is 8.20. The molecule has 2 aromatic carbocycles. The predicted molar refractivity (Wildman–Crippen MR) is 144 cm³/mol. The molecular formula is C25H33IN6O. The summed E-state index contributed by atoms with van der Waals surface area (Å²) in [5.74, 6) is 1.81. The topological polar surface area (TPSA) is 74.6 Å². The van der Waals surface area contributed by atoms with E-state index in [9.17, 15) is 4.79 Å². The Hall–Kier alpha value is -2.88. The molecular weight excluding hydrogens is 527 g/mol. The standard InChI is InChI=1S/C25H32N6O.HI/c1-4-26-25(29-18-20-10-12-22(13-11-20)24(32)30(2)3)28-15-14-23-27-16-17-31(23)19-21-8-6-5-7-9-21;/h5-13,16-17H,4,14-15,18-19H2,1-3H3,(H2,26,28,29);1H. The molecule has 33 heavy (non-hydrogen) atoms. The van der Waals surface area contributed by atoms with Crippen LogP contribution in [0.4, 0.5) is 0 Å². The van der Waals surface area contributed by atoms with E-state index in [4.69, 9.17) is 0 Å². The van der Waals surface area contributed by atoms with E-state index in [1.807, 2.05) is 49.6 Å². The van der Waals surface area contributed by atoms with Crippen LogP contribution in [-0.4, -0.2) is 53.5 Å². The van der Waals surface area contributed by atoms with Gasteiger partial charge in [-0.2, -0.15) is 0 Å². The SMILES string of the molecule is CCNC(=NCc1ccc(C(=O)N(C)C)cc1)NCCc1nccn1Cc1ccccc1.I. The van der Waals surface area contributed by atoms with Gasteiger partial charge < -0.3 is 20.1 Å². The third-order valence-electron chi connectivity index (χ3n) is 5.01. The second-order valence-corrected chi connectivity index (χ2v) is 7.73. The minimum atomic E-state index is 0. The smallest absolute Gasteiger partial charge is 0.253 e. The van der Waals surface area contributed by atoms with Gasteiger partial charge >= 0.3 is 0 Å². The Bertz CT molecular complexity index is 1010. The van der Waals surface area contributed by atoms with Crippen molar-refractivity contribution in [1.29, 1.82) is 0 Å². The van der Waals surface area contributed by atoms with Gasteiger partial charge in [-0.05, 0) is 30.2 Å². The van der Waals surface area contributed by atoms with E-state index in [0.29, 0.717) is 12.1 Å². The Balaban J connectivity index is 0.00000385. The first-order chi connectivity index (χ1) is 15.6. The van der Waals surface area contributed by atoms with E-state index in [2.05, 4.69) is 49.4 Å². The number of halogens is 1. The molecule has 0 saturated heterocycles. The van der Waals surface area contributed by atoms with E-state index < -0.39 is 0 Å². The molecule has 0 aliphatic heterocycles. The first kappa shape index (κ1) is 26.4. The quantitative estimate of drug-likeness (QED) is 0.239. The molecule has 3 rings (SSSR count). The van der Waals surface area contributed by atoms with Crippen molar-refractivity contribution in [1.82, 2.24) is 25.1 Å². The van der Waals surface area contributed by atoms with Gasteiger partial charge in [-0.25, -0.2) is 9.98 Å². The van der Waals surface area contributed by atoms with E-state index >= 15 is 0 Å². The molecule has 1 amide bonds. The molecule has 2 N–H and O–H groups in total. The van der Waals surface area contributed by atoms with Crippen molar-refractivity contribution in [3.8, 4) is 0 Å². The van der Waals surface area contributed by atoms with Crippen LogP contribution in [-0.2, 0) is 19.5 Å². The Morgan fingerprint density at radius 1 is 1.03 bits per heavy atom. The second kappa shape index (κ2) is 13.6. The molecule has 0 bridgehead atoms. The number of nitrogens with one attached hydrogen (secondary N) is 2. The fraction of sp³-hybridized carbons (Fsp3) is 0.320. The molecule has 0 aliphatic rings. The van der Waals surface area contributed by atoms with Crippen LogP contribution in [0.3, 0.4) is 0 Å². The van der Waals surface area contributed by atoms with Crippen LogP contribution >= 0.6 is 24.0 Å². The largest absolute Gasteiger partial charge is 0.357 e. The fourth-order valence-corrected chi connectivity index (χ4v) is 3.31. The molecule has 0 aliphatic carbocycles. The lowest BCUT2D eigenvalue weighted by atomic mass is 10.1. The lowest BCUT2D eigenvalue weighted by Gasteiger charge is -2.13. The lowest BCUT2D eigenvalue weighted by molar-refractivity contribution is 0.0827. The highest BCUT2D eigenvalue weighted by Gasteiger charge is 2.08. The van der Waals surface area contributed by atoms with Gasteiger partial charge in [0.2, 0.25) is 0 Å². The van der Waals surface area contributed by atoms with Crippen molar-refractivity contribution in [2.24, 2.45) is 4.99 Å². The van der Waals surface area contributed by atoms with Gasteiger partial charge in [0.1, 0.15) is 5.82 Å². The highest BCUT2D eigenvalue weighted by Crippen LogP contribution is 2.08. The Morgan fingerprint density at radius 2 is 1.76 bits per heavy atom. The molecule has 7 nitrogen and oxygen atoms in total. The maximum absolute atomic E-state index is 12.0. The average molecular weight is 560 g/mol. The van der Waals surface area contributed by atoms with Gasteiger partial charge in [0, 0.05) is 58.1 Å². The zero-order valence-electron chi connectivity index (χ0n) is 19.5. The number of nitrogens with zero attached hydrogens (tertiary/aromatic N) is 4. The van der Waals surface area contributed by atoms with Gasteiger partial charge in [-0.3, -0.25) is 4.79 Å². The minimum absolute atomic E-state index is 0. The zero-order valence-corrected chi connectivity index (χ0v) is 21.8. The maximum atomic E-state index is 12.0. The van der Waals surface area contributed by atoms with Crippen LogP contribution in [0.5, 0.6) is 0 Å². The summed E-state index contributed by atoms with van der Waals surface area (Å²) in [7, 11) is 3.51. The summed E-state index contributed by atoms with van der Waals surface area (Å²) in [4.78, 5) is 22.8. The van der Waals surface area contributed by atoms with Crippen LogP contribution in [0.25, 0.3) is 0 Å². The van der Waals surface area contributed by atoms with Crippen molar-refractivity contribution in [2.75, 3.05) is 27.2 Å². The molecule has 3 aromatic rings. The van der Waals surface area contributed by atoms with Crippen LogP contribution < -0.4 is 10.6 Å². The van der Waals surface area contributed by atoms with Gasteiger partial charge in [0.25, 0.3) is 5.91 Å². The number of hydrogen-bond donors (Lipinski definition) is 2. The number of guanidine groups is 1. The molecule has 176 valence electrons. The van der Waals surface area contributed by atoms with Gasteiger partial charge in [0.15, 0.2) is 5.96 Å². The normalized spacial score (nSPS) is 10.9. The average Bonchev–Trinajstić information content (AvgIpc) is 3.24.